The van der Waals surface area contributed by atoms with Crippen LogP contribution < -0.4 is 4.72 Å². The third-order valence-electron chi connectivity index (χ3n) is 1.57. The molecule has 0 atom stereocenters. The third-order valence-corrected chi connectivity index (χ3v) is 2.26. The standard InChI is InChI=1S/C9H11NO2S/c1-6(11)8-5-7(13-10-2)3-4-9(8)12/h3-5,10,12H,1-2H3. The highest BCUT2D eigenvalue weighted by Crippen LogP contribution is 2.23. The van der Waals surface area contributed by atoms with Gasteiger partial charge in [0, 0.05) is 4.90 Å². The average molecular weight is 197 g/mol. The summed E-state index contributed by atoms with van der Waals surface area (Å²) in [5, 5.41) is 9.32. The first-order chi connectivity index (χ1) is 6.15. The molecule has 0 fully saturated rings. The molecule has 13 heavy (non-hydrogen) atoms. The number of benzene rings is 1. The minimum Gasteiger partial charge on any atom is -0.507 e. The molecule has 0 amide bonds. The van der Waals surface area contributed by atoms with Gasteiger partial charge in [-0.15, -0.1) is 0 Å². The van der Waals surface area contributed by atoms with E-state index in [4.69, 9.17) is 0 Å². The summed E-state index contributed by atoms with van der Waals surface area (Å²) in [6.45, 7) is 1.43. The number of carbonyl (C=O) groups is 1. The van der Waals surface area contributed by atoms with E-state index in [-0.39, 0.29) is 11.5 Å². The van der Waals surface area contributed by atoms with Gasteiger partial charge in [-0.25, -0.2) is 0 Å². The molecule has 0 heterocycles. The van der Waals surface area contributed by atoms with Gasteiger partial charge in [0.2, 0.25) is 0 Å². The summed E-state index contributed by atoms with van der Waals surface area (Å²) in [6.07, 6.45) is 0. The number of hydrogen-bond acceptors (Lipinski definition) is 4. The minimum atomic E-state index is -0.129. The van der Waals surface area contributed by atoms with Crippen molar-refractivity contribution in [2.75, 3.05) is 7.05 Å². The number of hydrogen-bond donors (Lipinski definition) is 2. The van der Waals surface area contributed by atoms with Gasteiger partial charge in [0.1, 0.15) is 5.75 Å². The highest BCUT2D eigenvalue weighted by molar-refractivity contribution is 7.97. The summed E-state index contributed by atoms with van der Waals surface area (Å²) in [5.41, 5.74) is 0.361. The quantitative estimate of drug-likeness (QED) is 0.573. The molecule has 3 nitrogen and oxygen atoms in total. The molecule has 70 valence electrons. The Labute approximate surface area is 81.3 Å². The van der Waals surface area contributed by atoms with Crippen LogP contribution in [0.5, 0.6) is 5.75 Å². The second-order valence-electron chi connectivity index (χ2n) is 2.54. The molecule has 1 rings (SSSR count). The number of rotatable bonds is 3. The summed E-state index contributed by atoms with van der Waals surface area (Å²) in [5.74, 6) is -0.0935. The Bertz CT molecular complexity index is 325. The van der Waals surface area contributed by atoms with Crippen molar-refractivity contribution in [1.29, 1.82) is 0 Å². The molecule has 1 aromatic rings. The largest absolute Gasteiger partial charge is 0.507 e. The number of phenolic OH excluding ortho intramolecular Hbond substituents is 1. The maximum absolute atomic E-state index is 11.0. The lowest BCUT2D eigenvalue weighted by atomic mass is 10.1. The SMILES string of the molecule is CNSc1ccc(O)c(C(C)=O)c1. The molecule has 0 aliphatic heterocycles. The smallest absolute Gasteiger partial charge is 0.163 e. The van der Waals surface area contributed by atoms with Crippen LogP contribution in [0.3, 0.4) is 0 Å². The zero-order chi connectivity index (χ0) is 9.84. The van der Waals surface area contributed by atoms with Gasteiger partial charge in [-0.3, -0.25) is 9.52 Å². The fraction of sp³-hybridized carbons (Fsp3) is 0.222. The summed E-state index contributed by atoms with van der Waals surface area (Å²) in [7, 11) is 1.80. The first-order valence-electron chi connectivity index (χ1n) is 3.82. The van der Waals surface area contributed by atoms with Crippen molar-refractivity contribution in [2.45, 2.75) is 11.8 Å². The molecule has 0 aromatic heterocycles. The van der Waals surface area contributed by atoms with Gasteiger partial charge < -0.3 is 5.11 Å². The van der Waals surface area contributed by atoms with Gasteiger partial charge in [-0.2, -0.15) is 0 Å². The van der Waals surface area contributed by atoms with E-state index in [0.29, 0.717) is 5.56 Å². The molecule has 0 saturated carbocycles. The van der Waals surface area contributed by atoms with Crippen LogP contribution in [0.15, 0.2) is 23.1 Å². The molecule has 1 aromatic carbocycles. The van der Waals surface area contributed by atoms with Crippen LogP contribution in [0.25, 0.3) is 0 Å². The van der Waals surface area contributed by atoms with Crippen molar-refractivity contribution in [2.24, 2.45) is 0 Å². The van der Waals surface area contributed by atoms with Gasteiger partial charge in [-0.05, 0) is 44.1 Å². The van der Waals surface area contributed by atoms with E-state index in [0.717, 1.165) is 4.90 Å². The lowest BCUT2D eigenvalue weighted by Gasteiger charge is -2.03. The number of Topliss-reactive ketones (excluding diaryl/α,β-unsaturated/α-hetero) is 1. The summed E-state index contributed by atoms with van der Waals surface area (Å²) < 4.78 is 2.89. The van der Waals surface area contributed by atoms with Crippen LogP contribution in [0.4, 0.5) is 0 Å². The maximum Gasteiger partial charge on any atom is 0.163 e. The van der Waals surface area contributed by atoms with Crippen LogP contribution in [0.1, 0.15) is 17.3 Å². The van der Waals surface area contributed by atoms with Gasteiger partial charge in [0.25, 0.3) is 0 Å². The molecule has 0 spiro atoms. The van der Waals surface area contributed by atoms with Crippen LogP contribution in [0.2, 0.25) is 0 Å². The Morgan fingerprint density at radius 1 is 1.54 bits per heavy atom. The van der Waals surface area contributed by atoms with Gasteiger partial charge in [-0.1, -0.05) is 0 Å². The highest BCUT2D eigenvalue weighted by Gasteiger charge is 2.06. The topological polar surface area (TPSA) is 49.3 Å². The molecule has 0 saturated heterocycles. The maximum atomic E-state index is 11.0. The Morgan fingerprint density at radius 3 is 2.77 bits per heavy atom. The second-order valence-corrected chi connectivity index (χ2v) is 3.63. The number of ketones is 1. The van der Waals surface area contributed by atoms with E-state index in [9.17, 15) is 9.90 Å². The van der Waals surface area contributed by atoms with Gasteiger partial charge in [0.05, 0.1) is 5.56 Å². The fourth-order valence-electron chi connectivity index (χ4n) is 0.978. The van der Waals surface area contributed by atoms with Crippen LogP contribution in [-0.4, -0.2) is 17.9 Å². The van der Waals surface area contributed by atoms with Gasteiger partial charge >= 0.3 is 0 Å². The Kier molecular flexibility index (Phi) is 3.33. The van der Waals surface area contributed by atoms with Crippen LogP contribution in [-0.2, 0) is 0 Å². The number of nitrogens with one attached hydrogen (secondary N) is 1. The zero-order valence-electron chi connectivity index (χ0n) is 7.50. The molecular formula is C9H11NO2S. The molecule has 2 N–H and O–H groups in total. The van der Waals surface area contributed by atoms with Crippen molar-refractivity contribution >= 4 is 17.7 Å². The monoisotopic (exact) mass is 197 g/mol. The minimum absolute atomic E-state index is 0.0351. The summed E-state index contributed by atoms with van der Waals surface area (Å²) >= 11 is 1.40. The number of carbonyl (C=O) groups excluding carboxylic acids is 1. The van der Waals surface area contributed by atoms with Crippen molar-refractivity contribution in [1.82, 2.24) is 4.72 Å². The Hall–Kier alpha value is -1.00. The number of phenols is 1. The predicted octanol–water partition coefficient (Wildman–Crippen LogP) is 1.82. The molecule has 0 aliphatic rings. The van der Waals surface area contributed by atoms with E-state index in [1.807, 2.05) is 0 Å². The average Bonchev–Trinajstić information content (AvgIpc) is 2.08. The van der Waals surface area contributed by atoms with E-state index < -0.39 is 0 Å². The summed E-state index contributed by atoms with van der Waals surface area (Å²) in [4.78, 5) is 11.9. The van der Waals surface area contributed by atoms with E-state index in [2.05, 4.69) is 4.72 Å². The van der Waals surface area contributed by atoms with Crippen molar-refractivity contribution in [3.8, 4) is 5.75 Å². The van der Waals surface area contributed by atoms with Crippen LogP contribution >= 0.6 is 11.9 Å². The fourth-order valence-corrected chi connectivity index (χ4v) is 1.53. The van der Waals surface area contributed by atoms with Crippen molar-refractivity contribution in [3.05, 3.63) is 23.8 Å². The number of aromatic hydroxyl groups is 1. The Balaban J connectivity index is 3.04. The molecule has 0 bridgehead atoms. The van der Waals surface area contributed by atoms with E-state index in [1.54, 1.807) is 19.2 Å². The van der Waals surface area contributed by atoms with Crippen molar-refractivity contribution in [3.63, 3.8) is 0 Å². The molecule has 4 heteroatoms. The van der Waals surface area contributed by atoms with E-state index in [1.165, 1.54) is 24.9 Å². The van der Waals surface area contributed by atoms with Gasteiger partial charge in [0.15, 0.2) is 5.78 Å². The molecule has 0 aliphatic carbocycles. The van der Waals surface area contributed by atoms with Crippen LogP contribution in [0, 0.1) is 0 Å². The molecule has 0 unspecified atom stereocenters. The summed E-state index contributed by atoms with van der Waals surface area (Å²) in [6, 6.07) is 4.94. The lowest BCUT2D eigenvalue weighted by Crippen LogP contribution is -1.95. The first kappa shape index (κ1) is 10.1. The van der Waals surface area contributed by atoms with Crippen molar-refractivity contribution < 1.29 is 9.90 Å². The Morgan fingerprint density at radius 2 is 2.23 bits per heavy atom. The predicted molar refractivity (Wildman–Crippen MR) is 53.0 cm³/mol. The van der Waals surface area contributed by atoms with E-state index >= 15 is 0 Å². The first-order valence-corrected chi connectivity index (χ1v) is 4.64. The third kappa shape index (κ3) is 2.47. The molecule has 0 radical (unpaired) electrons. The normalized spacial score (nSPS) is 10.0. The second kappa shape index (κ2) is 4.30. The molecular weight excluding hydrogens is 186 g/mol. The highest BCUT2D eigenvalue weighted by atomic mass is 32.2. The lowest BCUT2D eigenvalue weighted by molar-refractivity contribution is 0.101. The zero-order valence-corrected chi connectivity index (χ0v) is 8.31.